The molecular formula is C11H13Cl2N. The highest BCUT2D eigenvalue weighted by atomic mass is 35.5. The number of benzene rings is 1. The molecule has 0 amide bonds. The molecule has 1 aliphatic carbocycles. The third kappa shape index (κ3) is 1.65. The molecule has 1 aromatic rings. The van der Waals surface area contributed by atoms with Gasteiger partial charge in [-0.25, -0.2) is 0 Å². The van der Waals surface area contributed by atoms with E-state index in [4.69, 9.17) is 28.9 Å². The Bertz CT molecular complexity index is 358. The first-order valence-corrected chi connectivity index (χ1v) is 5.50. The van der Waals surface area contributed by atoms with Crippen LogP contribution in [0.2, 0.25) is 10.0 Å². The minimum absolute atomic E-state index is 0.00806. The van der Waals surface area contributed by atoms with E-state index in [9.17, 15) is 0 Å². The normalized spacial score (nSPS) is 20.6. The van der Waals surface area contributed by atoms with E-state index in [-0.39, 0.29) is 11.5 Å². The number of hydrogen-bond donors (Lipinski definition) is 1. The molecule has 0 heterocycles. The molecule has 0 spiro atoms. The van der Waals surface area contributed by atoms with Gasteiger partial charge in [0, 0.05) is 6.04 Å². The molecule has 1 aliphatic rings. The highest BCUT2D eigenvalue weighted by molar-refractivity contribution is 6.42. The van der Waals surface area contributed by atoms with Crippen molar-refractivity contribution in [2.24, 2.45) is 11.1 Å². The lowest BCUT2D eigenvalue weighted by atomic mass is 9.93. The Morgan fingerprint density at radius 1 is 1.36 bits per heavy atom. The summed E-state index contributed by atoms with van der Waals surface area (Å²) in [5.74, 6) is 0. The quantitative estimate of drug-likeness (QED) is 0.821. The molecule has 0 aromatic heterocycles. The Kier molecular flexibility index (Phi) is 2.50. The molecule has 76 valence electrons. The maximum absolute atomic E-state index is 6.16. The zero-order valence-corrected chi connectivity index (χ0v) is 9.57. The van der Waals surface area contributed by atoms with Crippen molar-refractivity contribution in [3.05, 3.63) is 33.8 Å². The molecular weight excluding hydrogens is 217 g/mol. The molecule has 0 saturated heterocycles. The van der Waals surface area contributed by atoms with Gasteiger partial charge in [-0.2, -0.15) is 0 Å². The average Bonchev–Trinajstić information content (AvgIpc) is 2.89. The monoisotopic (exact) mass is 229 g/mol. The Labute approximate surface area is 94.2 Å². The van der Waals surface area contributed by atoms with Crippen LogP contribution in [0.25, 0.3) is 0 Å². The van der Waals surface area contributed by atoms with Gasteiger partial charge in [0.2, 0.25) is 0 Å². The molecule has 0 radical (unpaired) electrons. The average molecular weight is 230 g/mol. The summed E-state index contributed by atoms with van der Waals surface area (Å²) in [6, 6.07) is 5.65. The number of rotatable bonds is 2. The Hall–Kier alpha value is -0.240. The SMILES string of the molecule is CC1(C(N)c2cccc(Cl)c2Cl)CC1. The van der Waals surface area contributed by atoms with Crippen molar-refractivity contribution in [3.63, 3.8) is 0 Å². The predicted octanol–water partition coefficient (Wildman–Crippen LogP) is 3.79. The highest BCUT2D eigenvalue weighted by Gasteiger charge is 2.44. The van der Waals surface area contributed by atoms with Gasteiger partial charge in [-0.05, 0) is 29.9 Å². The van der Waals surface area contributed by atoms with Crippen LogP contribution in [-0.2, 0) is 0 Å². The second-order valence-electron chi connectivity index (χ2n) is 4.27. The van der Waals surface area contributed by atoms with Crippen LogP contribution in [0.1, 0.15) is 31.4 Å². The van der Waals surface area contributed by atoms with Gasteiger partial charge in [-0.15, -0.1) is 0 Å². The van der Waals surface area contributed by atoms with Gasteiger partial charge in [-0.1, -0.05) is 42.3 Å². The van der Waals surface area contributed by atoms with E-state index < -0.39 is 0 Å². The minimum Gasteiger partial charge on any atom is -0.323 e. The Morgan fingerprint density at radius 3 is 2.57 bits per heavy atom. The summed E-state index contributed by atoms with van der Waals surface area (Å²) in [7, 11) is 0. The zero-order chi connectivity index (χ0) is 10.3. The first-order chi connectivity index (χ1) is 6.54. The molecule has 1 fully saturated rings. The van der Waals surface area contributed by atoms with Gasteiger partial charge >= 0.3 is 0 Å². The molecule has 1 unspecified atom stereocenters. The van der Waals surface area contributed by atoms with Gasteiger partial charge in [0.25, 0.3) is 0 Å². The van der Waals surface area contributed by atoms with E-state index in [0.29, 0.717) is 10.0 Å². The van der Waals surface area contributed by atoms with Gasteiger partial charge in [0.05, 0.1) is 10.0 Å². The topological polar surface area (TPSA) is 26.0 Å². The lowest BCUT2D eigenvalue weighted by molar-refractivity contribution is 0.451. The van der Waals surface area contributed by atoms with Crippen LogP contribution in [0.4, 0.5) is 0 Å². The van der Waals surface area contributed by atoms with E-state index in [2.05, 4.69) is 6.92 Å². The smallest absolute Gasteiger partial charge is 0.0640 e. The van der Waals surface area contributed by atoms with E-state index >= 15 is 0 Å². The molecule has 0 aliphatic heterocycles. The van der Waals surface area contributed by atoms with Crippen molar-refractivity contribution in [2.75, 3.05) is 0 Å². The summed E-state index contributed by atoms with van der Waals surface area (Å²) in [6.07, 6.45) is 2.36. The van der Waals surface area contributed by atoms with E-state index in [1.807, 2.05) is 12.1 Å². The second kappa shape index (κ2) is 3.41. The lowest BCUT2D eigenvalue weighted by Crippen LogP contribution is -2.20. The van der Waals surface area contributed by atoms with E-state index in [1.165, 1.54) is 12.8 Å². The molecule has 2 N–H and O–H groups in total. The second-order valence-corrected chi connectivity index (χ2v) is 5.06. The van der Waals surface area contributed by atoms with Crippen molar-refractivity contribution in [1.29, 1.82) is 0 Å². The maximum atomic E-state index is 6.16. The van der Waals surface area contributed by atoms with Crippen molar-refractivity contribution < 1.29 is 0 Å². The van der Waals surface area contributed by atoms with Crippen LogP contribution < -0.4 is 5.73 Å². The Morgan fingerprint density at radius 2 is 2.00 bits per heavy atom. The maximum Gasteiger partial charge on any atom is 0.0640 e. The molecule has 0 bridgehead atoms. The molecule has 1 saturated carbocycles. The molecule has 14 heavy (non-hydrogen) atoms. The van der Waals surface area contributed by atoms with Crippen LogP contribution >= 0.6 is 23.2 Å². The summed E-state index contributed by atoms with van der Waals surface area (Å²) in [5, 5.41) is 1.19. The molecule has 1 nitrogen and oxygen atoms in total. The first kappa shape index (κ1) is 10.3. The van der Waals surface area contributed by atoms with E-state index in [0.717, 1.165) is 5.56 Å². The number of hydrogen-bond acceptors (Lipinski definition) is 1. The van der Waals surface area contributed by atoms with Crippen molar-refractivity contribution in [2.45, 2.75) is 25.8 Å². The standard InChI is InChI=1S/C11H13Cl2N/c1-11(5-6-11)10(14)7-3-2-4-8(12)9(7)13/h2-4,10H,5-6,14H2,1H3. The molecule has 3 heteroatoms. The number of halogens is 2. The fraction of sp³-hybridized carbons (Fsp3) is 0.455. The Balaban J connectivity index is 2.36. The predicted molar refractivity (Wildman–Crippen MR) is 60.7 cm³/mol. The molecule has 1 aromatic carbocycles. The lowest BCUT2D eigenvalue weighted by Gasteiger charge is -2.20. The van der Waals surface area contributed by atoms with Crippen molar-refractivity contribution >= 4 is 23.2 Å². The van der Waals surface area contributed by atoms with Crippen LogP contribution in [0.15, 0.2) is 18.2 Å². The highest BCUT2D eigenvalue weighted by Crippen LogP contribution is 2.54. The van der Waals surface area contributed by atoms with Gasteiger partial charge in [-0.3, -0.25) is 0 Å². The van der Waals surface area contributed by atoms with Gasteiger partial charge < -0.3 is 5.73 Å². The summed E-state index contributed by atoms with van der Waals surface area (Å²) in [5.41, 5.74) is 7.36. The summed E-state index contributed by atoms with van der Waals surface area (Å²) < 4.78 is 0. The molecule has 2 rings (SSSR count). The van der Waals surface area contributed by atoms with Crippen LogP contribution in [0.3, 0.4) is 0 Å². The summed E-state index contributed by atoms with van der Waals surface area (Å²) in [6.45, 7) is 2.19. The van der Waals surface area contributed by atoms with Crippen molar-refractivity contribution in [1.82, 2.24) is 0 Å². The van der Waals surface area contributed by atoms with Crippen LogP contribution in [-0.4, -0.2) is 0 Å². The van der Waals surface area contributed by atoms with Gasteiger partial charge in [0.15, 0.2) is 0 Å². The van der Waals surface area contributed by atoms with Crippen LogP contribution in [0, 0.1) is 5.41 Å². The fourth-order valence-corrected chi connectivity index (χ4v) is 2.07. The van der Waals surface area contributed by atoms with Crippen LogP contribution in [0.5, 0.6) is 0 Å². The fourth-order valence-electron chi connectivity index (χ4n) is 1.64. The van der Waals surface area contributed by atoms with Gasteiger partial charge in [0.1, 0.15) is 0 Å². The largest absolute Gasteiger partial charge is 0.323 e. The zero-order valence-electron chi connectivity index (χ0n) is 8.06. The van der Waals surface area contributed by atoms with E-state index in [1.54, 1.807) is 6.07 Å². The number of nitrogens with two attached hydrogens (primary N) is 1. The summed E-state index contributed by atoms with van der Waals surface area (Å²) in [4.78, 5) is 0. The van der Waals surface area contributed by atoms with Crippen molar-refractivity contribution in [3.8, 4) is 0 Å². The molecule has 1 atom stereocenters. The first-order valence-electron chi connectivity index (χ1n) is 4.74. The minimum atomic E-state index is 0.00806. The third-order valence-electron chi connectivity index (χ3n) is 3.11. The summed E-state index contributed by atoms with van der Waals surface area (Å²) >= 11 is 12.1. The third-order valence-corrected chi connectivity index (χ3v) is 3.94.